The maximum Gasteiger partial charge on any atom is 0.253 e. The first-order valence-corrected chi connectivity index (χ1v) is 10.6. The van der Waals surface area contributed by atoms with Crippen molar-refractivity contribution >= 4 is 28.2 Å². The van der Waals surface area contributed by atoms with Crippen LogP contribution in [0.1, 0.15) is 5.56 Å². The standard InChI is InChI=1S/C24H26N4O2/c29-23-18-30-17-20-6-2-4-8-22(20)28(23)16-13-26-11-14-27(15-12-26)24-21-7-3-1-5-19(21)9-10-25-24/h1-10H,11-18H2. The van der Waals surface area contributed by atoms with Crippen LogP contribution in [-0.2, 0) is 16.1 Å². The van der Waals surface area contributed by atoms with Gasteiger partial charge in [-0.1, -0.05) is 42.5 Å². The van der Waals surface area contributed by atoms with Gasteiger partial charge in [-0.25, -0.2) is 4.98 Å². The molecule has 0 spiro atoms. The molecule has 2 aliphatic heterocycles. The molecule has 0 atom stereocenters. The van der Waals surface area contributed by atoms with Crippen LogP contribution < -0.4 is 9.80 Å². The van der Waals surface area contributed by atoms with E-state index in [4.69, 9.17) is 4.74 Å². The van der Waals surface area contributed by atoms with Crippen molar-refractivity contribution in [1.82, 2.24) is 9.88 Å². The zero-order valence-corrected chi connectivity index (χ0v) is 17.0. The quantitative estimate of drug-likeness (QED) is 0.672. The van der Waals surface area contributed by atoms with Gasteiger partial charge in [0.15, 0.2) is 0 Å². The molecule has 2 aromatic carbocycles. The first-order chi connectivity index (χ1) is 14.8. The number of hydrogen-bond acceptors (Lipinski definition) is 5. The van der Waals surface area contributed by atoms with E-state index >= 15 is 0 Å². The van der Waals surface area contributed by atoms with E-state index in [0.717, 1.165) is 49.8 Å². The first-order valence-electron chi connectivity index (χ1n) is 10.6. The Balaban J connectivity index is 1.23. The number of nitrogens with zero attached hydrogens (tertiary/aromatic N) is 4. The number of ether oxygens (including phenoxy) is 1. The Morgan fingerprint density at radius 1 is 0.867 bits per heavy atom. The third-order valence-corrected chi connectivity index (χ3v) is 6.03. The van der Waals surface area contributed by atoms with Crippen LogP contribution in [0.15, 0.2) is 60.8 Å². The highest BCUT2D eigenvalue weighted by Crippen LogP contribution is 2.26. The van der Waals surface area contributed by atoms with Crippen molar-refractivity contribution in [3.8, 4) is 0 Å². The van der Waals surface area contributed by atoms with E-state index in [9.17, 15) is 4.79 Å². The molecule has 6 heteroatoms. The highest BCUT2D eigenvalue weighted by atomic mass is 16.5. The van der Waals surface area contributed by atoms with Gasteiger partial charge in [-0.2, -0.15) is 0 Å². The van der Waals surface area contributed by atoms with Crippen LogP contribution in [0.2, 0.25) is 0 Å². The lowest BCUT2D eigenvalue weighted by Gasteiger charge is -2.36. The van der Waals surface area contributed by atoms with E-state index in [0.29, 0.717) is 13.2 Å². The number of pyridine rings is 1. The molecule has 6 nitrogen and oxygen atoms in total. The molecular weight excluding hydrogens is 376 g/mol. The van der Waals surface area contributed by atoms with Crippen LogP contribution in [0.25, 0.3) is 10.8 Å². The summed E-state index contributed by atoms with van der Waals surface area (Å²) in [7, 11) is 0. The summed E-state index contributed by atoms with van der Waals surface area (Å²) in [4.78, 5) is 23.9. The number of aromatic nitrogens is 1. The molecule has 0 N–H and O–H groups in total. The number of rotatable bonds is 4. The van der Waals surface area contributed by atoms with E-state index in [1.807, 2.05) is 35.4 Å². The molecule has 0 aliphatic carbocycles. The van der Waals surface area contributed by atoms with Crippen LogP contribution in [0.5, 0.6) is 0 Å². The van der Waals surface area contributed by atoms with E-state index in [2.05, 4.69) is 45.1 Å². The summed E-state index contributed by atoms with van der Waals surface area (Å²) in [5.41, 5.74) is 2.06. The third-order valence-electron chi connectivity index (χ3n) is 6.03. The molecule has 3 aromatic rings. The molecule has 2 aliphatic rings. The van der Waals surface area contributed by atoms with Crippen molar-refractivity contribution in [1.29, 1.82) is 0 Å². The topological polar surface area (TPSA) is 48.9 Å². The van der Waals surface area contributed by atoms with Crippen LogP contribution >= 0.6 is 0 Å². The van der Waals surface area contributed by atoms with Gasteiger partial charge in [-0.3, -0.25) is 9.69 Å². The molecule has 5 rings (SSSR count). The molecule has 0 bridgehead atoms. The Kier molecular flexibility index (Phi) is 5.34. The monoisotopic (exact) mass is 402 g/mol. The second-order valence-electron chi connectivity index (χ2n) is 7.85. The van der Waals surface area contributed by atoms with Gasteiger partial charge in [0.1, 0.15) is 12.4 Å². The number of fused-ring (bicyclic) bond motifs is 2. The minimum atomic E-state index is 0.0403. The molecule has 1 saturated heterocycles. The molecular formula is C24H26N4O2. The third kappa shape index (κ3) is 3.76. The summed E-state index contributed by atoms with van der Waals surface area (Å²) in [5.74, 6) is 1.11. The van der Waals surface area contributed by atoms with Gasteiger partial charge in [0.2, 0.25) is 0 Å². The maximum atomic E-state index is 12.6. The van der Waals surface area contributed by atoms with Crippen LogP contribution in [-0.4, -0.2) is 61.7 Å². The lowest BCUT2D eigenvalue weighted by atomic mass is 10.1. The van der Waals surface area contributed by atoms with E-state index in [-0.39, 0.29) is 12.5 Å². The SMILES string of the molecule is O=C1COCc2ccccc2N1CCN1CCN(c2nccc3ccccc23)CC1. The number of amides is 1. The lowest BCUT2D eigenvalue weighted by Crippen LogP contribution is -2.49. The number of anilines is 2. The van der Waals surface area contributed by atoms with Gasteiger partial charge < -0.3 is 14.5 Å². The molecule has 3 heterocycles. The number of carbonyl (C=O) groups is 1. The lowest BCUT2D eigenvalue weighted by molar-refractivity contribution is -0.123. The van der Waals surface area contributed by atoms with Gasteiger partial charge >= 0.3 is 0 Å². The van der Waals surface area contributed by atoms with E-state index < -0.39 is 0 Å². The second-order valence-corrected chi connectivity index (χ2v) is 7.85. The van der Waals surface area contributed by atoms with Gasteiger partial charge in [-0.05, 0) is 17.5 Å². The number of hydrogen-bond donors (Lipinski definition) is 0. The normalized spacial score (nSPS) is 17.8. The van der Waals surface area contributed by atoms with Crippen molar-refractivity contribution in [3.05, 3.63) is 66.4 Å². The predicted molar refractivity (Wildman–Crippen MR) is 119 cm³/mol. The summed E-state index contributed by atoms with van der Waals surface area (Å²) in [6.45, 7) is 5.99. The second kappa shape index (κ2) is 8.42. The molecule has 1 fully saturated rings. The Hall–Kier alpha value is -2.96. The van der Waals surface area contributed by atoms with Crippen molar-refractivity contribution < 1.29 is 9.53 Å². The summed E-state index contributed by atoms with van der Waals surface area (Å²) >= 11 is 0. The fourth-order valence-corrected chi connectivity index (χ4v) is 4.38. The van der Waals surface area contributed by atoms with Crippen molar-refractivity contribution in [3.63, 3.8) is 0 Å². The molecule has 154 valence electrons. The number of benzene rings is 2. The van der Waals surface area contributed by atoms with Gasteiger partial charge in [0, 0.05) is 62.1 Å². The van der Waals surface area contributed by atoms with E-state index in [1.54, 1.807) is 0 Å². The zero-order valence-electron chi connectivity index (χ0n) is 17.0. The van der Waals surface area contributed by atoms with Gasteiger partial charge in [-0.15, -0.1) is 0 Å². The maximum absolute atomic E-state index is 12.6. The fourth-order valence-electron chi connectivity index (χ4n) is 4.38. The zero-order chi connectivity index (χ0) is 20.3. The van der Waals surface area contributed by atoms with Gasteiger partial charge in [0.05, 0.1) is 6.61 Å². The molecule has 0 unspecified atom stereocenters. The average molecular weight is 402 g/mol. The fraction of sp³-hybridized carbons (Fsp3) is 0.333. The van der Waals surface area contributed by atoms with E-state index in [1.165, 1.54) is 10.8 Å². The Morgan fingerprint density at radius 3 is 2.57 bits per heavy atom. The van der Waals surface area contributed by atoms with Crippen molar-refractivity contribution in [2.24, 2.45) is 0 Å². The van der Waals surface area contributed by atoms with Crippen LogP contribution in [0, 0.1) is 0 Å². The highest BCUT2D eigenvalue weighted by molar-refractivity contribution is 5.95. The number of para-hydroxylation sites is 1. The van der Waals surface area contributed by atoms with Crippen molar-refractivity contribution in [2.45, 2.75) is 6.61 Å². The highest BCUT2D eigenvalue weighted by Gasteiger charge is 2.24. The van der Waals surface area contributed by atoms with Crippen molar-refractivity contribution in [2.75, 3.05) is 55.7 Å². The Labute approximate surface area is 176 Å². The molecule has 1 amide bonds. The minimum Gasteiger partial charge on any atom is -0.367 e. The Morgan fingerprint density at radius 2 is 1.67 bits per heavy atom. The number of piperazine rings is 1. The molecule has 1 aromatic heterocycles. The summed E-state index contributed by atoms with van der Waals surface area (Å²) in [6, 6.07) is 18.5. The summed E-state index contributed by atoms with van der Waals surface area (Å²) < 4.78 is 5.54. The summed E-state index contributed by atoms with van der Waals surface area (Å²) in [6.07, 6.45) is 1.90. The molecule has 0 radical (unpaired) electrons. The first kappa shape index (κ1) is 19.0. The van der Waals surface area contributed by atoms with Crippen LogP contribution in [0.3, 0.4) is 0 Å². The largest absolute Gasteiger partial charge is 0.367 e. The summed E-state index contributed by atoms with van der Waals surface area (Å²) in [5, 5.41) is 2.44. The minimum absolute atomic E-state index is 0.0403. The number of carbonyl (C=O) groups excluding carboxylic acids is 1. The smallest absolute Gasteiger partial charge is 0.253 e. The van der Waals surface area contributed by atoms with Gasteiger partial charge in [0.25, 0.3) is 5.91 Å². The van der Waals surface area contributed by atoms with Crippen LogP contribution in [0.4, 0.5) is 11.5 Å². The average Bonchev–Trinajstić information content (AvgIpc) is 2.96. The molecule has 0 saturated carbocycles. The Bertz CT molecular complexity index is 1040. The predicted octanol–water partition coefficient (Wildman–Crippen LogP) is 2.92. The molecule has 30 heavy (non-hydrogen) atoms.